The third-order valence-corrected chi connectivity index (χ3v) is 6.06. The van der Waals surface area contributed by atoms with Crippen LogP contribution in [-0.2, 0) is 14.3 Å². The molecule has 182 valence electrons. The number of thioether (sulfide) groups is 1. The molecule has 1 aliphatic carbocycles. The number of hydrogen-bond acceptors (Lipinski definition) is 5. The standard InChI is InChI=1S/C23H23F3N2O5S/c1-34-11-10-18(21(30)31)27-20(29)19(23(24,25)26)28-22(32)33-12-17-15-8-4-2-6-13(15)14-7-3-5-9-16(14)17/h2-9,17-19H,10-12H2,1H3,(H,27,29)(H,28,32)(H,30,31)/t18-,19?/m1/s1. The van der Waals surface area contributed by atoms with Crippen LogP contribution in [0.3, 0.4) is 0 Å². The molecule has 0 spiro atoms. The van der Waals surface area contributed by atoms with Crippen LogP contribution in [0.25, 0.3) is 11.1 Å². The van der Waals surface area contributed by atoms with Crippen LogP contribution >= 0.6 is 11.8 Å². The summed E-state index contributed by atoms with van der Waals surface area (Å²) in [6, 6.07) is 10.4. The molecular formula is C23H23F3N2O5S. The minimum Gasteiger partial charge on any atom is -0.480 e. The third kappa shape index (κ3) is 5.82. The normalized spacial score (nSPS) is 14.5. The lowest BCUT2D eigenvalue weighted by Crippen LogP contribution is -2.57. The lowest BCUT2D eigenvalue weighted by atomic mass is 9.98. The maximum atomic E-state index is 13.5. The van der Waals surface area contributed by atoms with Gasteiger partial charge in [0.15, 0.2) is 0 Å². The molecule has 0 radical (unpaired) electrons. The molecule has 11 heteroatoms. The van der Waals surface area contributed by atoms with E-state index in [9.17, 15) is 27.6 Å². The second kappa shape index (κ2) is 10.8. The number of rotatable bonds is 9. The van der Waals surface area contributed by atoms with E-state index in [1.807, 2.05) is 53.8 Å². The van der Waals surface area contributed by atoms with E-state index < -0.39 is 36.2 Å². The summed E-state index contributed by atoms with van der Waals surface area (Å²) in [7, 11) is 0. The second-order valence-corrected chi connectivity index (χ2v) is 8.61. The predicted molar refractivity (Wildman–Crippen MR) is 121 cm³/mol. The smallest absolute Gasteiger partial charge is 0.417 e. The molecule has 2 aromatic rings. The number of alkyl halides is 3. The Hall–Kier alpha value is -3.21. The largest absolute Gasteiger partial charge is 0.480 e. The van der Waals surface area contributed by atoms with Crippen LogP contribution in [-0.4, -0.2) is 60.0 Å². The highest BCUT2D eigenvalue weighted by Crippen LogP contribution is 2.44. The molecule has 1 unspecified atom stereocenters. The van der Waals surface area contributed by atoms with Gasteiger partial charge in [-0.2, -0.15) is 24.9 Å². The van der Waals surface area contributed by atoms with Crippen molar-refractivity contribution >= 4 is 29.7 Å². The molecule has 0 heterocycles. The maximum Gasteiger partial charge on any atom is 0.417 e. The fourth-order valence-corrected chi connectivity index (χ4v) is 4.27. The van der Waals surface area contributed by atoms with Crippen molar-refractivity contribution in [2.24, 2.45) is 0 Å². The zero-order chi connectivity index (χ0) is 24.9. The average molecular weight is 497 g/mol. The van der Waals surface area contributed by atoms with Crippen LogP contribution in [0.1, 0.15) is 23.5 Å². The van der Waals surface area contributed by atoms with Crippen molar-refractivity contribution in [3.63, 3.8) is 0 Å². The monoisotopic (exact) mass is 496 g/mol. The topological polar surface area (TPSA) is 105 Å². The molecule has 1 aliphatic rings. The highest BCUT2D eigenvalue weighted by atomic mass is 32.2. The Bertz CT molecular complexity index is 1020. The molecule has 0 fully saturated rings. The first-order valence-corrected chi connectivity index (χ1v) is 11.7. The number of carboxylic acid groups (broad SMARTS) is 1. The fraction of sp³-hybridized carbons (Fsp3) is 0.348. The van der Waals surface area contributed by atoms with Crippen molar-refractivity contribution < 1.29 is 37.4 Å². The van der Waals surface area contributed by atoms with Gasteiger partial charge in [0.1, 0.15) is 12.6 Å². The van der Waals surface area contributed by atoms with Crippen LogP contribution in [0.15, 0.2) is 48.5 Å². The van der Waals surface area contributed by atoms with Gasteiger partial charge in [-0.15, -0.1) is 0 Å². The fourth-order valence-electron chi connectivity index (χ4n) is 3.80. The molecule has 0 saturated carbocycles. The number of amides is 2. The summed E-state index contributed by atoms with van der Waals surface area (Å²) < 4.78 is 45.5. The maximum absolute atomic E-state index is 13.5. The highest BCUT2D eigenvalue weighted by Gasteiger charge is 2.47. The highest BCUT2D eigenvalue weighted by molar-refractivity contribution is 7.98. The molecule has 7 nitrogen and oxygen atoms in total. The third-order valence-electron chi connectivity index (χ3n) is 5.42. The SMILES string of the molecule is CSCC[C@@H](NC(=O)C(NC(=O)OCC1c2ccccc2-c2ccccc21)C(F)(F)F)C(=O)O. The molecule has 34 heavy (non-hydrogen) atoms. The van der Waals surface area contributed by atoms with Crippen molar-refractivity contribution in [2.45, 2.75) is 30.6 Å². The second-order valence-electron chi connectivity index (χ2n) is 7.63. The van der Waals surface area contributed by atoms with Gasteiger partial charge in [-0.25, -0.2) is 9.59 Å². The van der Waals surface area contributed by atoms with Crippen molar-refractivity contribution in [1.29, 1.82) is 0 Å². The van der Waals surface area contributed by atoms with E-state index in [1.54, 1.807) is 6.26 Å². The van der Waals surface area contributed by atoms with E-state index in [0.717, 1.165) is 22.3 Å². The van der Waals surface area contributed by atoms with Crippen molar-refractivity contribution in [3.05, 3.63) is 59.7 Å². The minimum atomic E-state index is -5.15. The Labute approximate surface area is 198 Å². The number of carbonyl (C=O) groups is 3. The van der Waals surface area contributed by atoms with Gasteiger partial charge in [0, 0.05) is 5.92 Å². The lowest BCUT2D eigenvalue weighted by molar-refractivity contribution is -0.169. The quantitative estimate of drug-likeness (QED) is 0.488. The van der Waals surface area contributed by atoms with Gasteiger partial charge in [-0.1, -0.05) is 48.5 Å². The summed E-state index contributed by atoms with van der Waals surface area (Å²) in [6.45, 7) is -0.239. The molecule has 2 aromatic carbocycles. The van der Waals surface area contributed by atoms with E-state index in [2.05, 4.69) is 0 Å². The molecule has 2 amide bonds. The van der Waals surface area contributed by atoms with Gasteiger partial charge in [0.05, 0.1) is 0 Å². The number of halogens is 3. The van der Waals surface area contributed by atoms with Crippen molar-refractivity contribution in [3.8, 4) is 11.1 Å². The van der Waals surface area contributed by atoms with Gasteiger partial charge < -0.3 is 20.5 Å². The number of benzene rings is 2. The Morgan fingerprint density at radius 2 is 1.59 bits per heavy atom. The van der Waals surface area contributed by atoms with E-state index in [-0.39, 0.29) is 18.9 Å². The number of fused-ring (bicyclic) bond motifs is 3. The van der Waals surface area contributed by atoms with Crippen LogP contribution in [0, 0.1) is 0 Å². The lowest BCUT2D eigenvalue weighted by Gasteiger charge is -2.23. The first kappa shape index (κ1) is 25.4. The van der Waals surface area contributed by atoms with E-state index in [1.165, 1.54) is 17.1 Å². The summed E-state index contributed by atoms with van der Waals surface area (Å²) in [5, 5.41) is 12.5. The minimum absolute atomic E-state index is 0.0717. The Morgan fingerprint density at radius 1 is 1.03 bits per heavy atom. The van der Waals surface area contributed by atoms with Crippen LogP contribution in [0.4, 0.5) is 18.0 Å². The first-order valence-electron chi connectivity index (χ1n) is 10.3. The zero-order valence-electron chi connectivity index (χ0n) is 18.1. The first-order chi connectivity index (χ1) is 16.1. The van der Waals surface area contributed by atoms with E-state index in [0.29, 0.717) is 5.75 Å². The zero-order valence-corrected chi connectivity index (χ0v) is 18.9. The molecule has 3 N–H and O–H groups in total. The molecule has 2 atom stereocenters. The average Bonchev–Trinajstić information content (AvgIpc) is 3.11. The Morgan fingerprint density at radius 3 is 2.09 bits per heavy atom. The van der Waals surface area contributed by atoms with E-state index >= 15 is 0 Å². The van der Waals surface area contributed by atoms with Crippen molar-refractivity contribution in [1.82, 2.24) is 10.6 Å². The summed E-state index contributed by atoms with van der Waals surface area (Å²) >= 11 is 1.28. The summed E-state index contributed by atoms with van der Waals surface area (Å²) in [5.74, 6) is -3.20. The number of ether oxygens (including phenoxy) is 1. The van der Waals surface area contributed by atoms with Crippen molar-refractivity contribution in [2.75, 3.05) is 18.6 Å². The molecule has 0 bridgehead atoms. The van der Waals surface area contributed by atoms with E-state index in [4.69, 9.17) is 9.84 Å². The summed E-state index contributed by atoms with van der Waals surface area (Å²) in [6.07, 6.45) is -4.97. The predicted octanol–water partition coefficient (Wildman–Crippen LogP) is 3.78. The number of carboxylic acids is 1. The molecular weight excluding hydrogens is 473 g/mol. The van der Waals surface area contributed by atoms with Gasteiger partial charge in [0.2, 0.25) is 6.04 Å². The molecule has 0 aliphatic heterocycles. The number of nitrogens with one attached hydrogen (secondary N) is 2. The molecule has 3 rings (SSSR count). The van der Waals surface area contributed by atoms with Gasteiger partial charge in [-0.3, -0.25) is 4.79 Å². The van der Waals surface area contributed by atoms with Crippen LogP contribution in [0.2, 0.25) is 0 Å². The molecule has 0 saturated heterocycles. The van der Waals surface area contributed by atoms with Crippen LogP contribution in [0.5, 0.6) is 0 Å². The Kier molecular flexibility index (Phi) is 8.08. The summed E-state index contributed by atoms with van der Waals surface area (Å²) in [4.78, 5) is 35.7. The van der Waals surface area contributed by atoms with Gasteiger partial charge >= 0.3 is 18.2 Å². The Balaban J connectivity index is 1.68. The van der Waals surface area contributed by atoms with Gasteiger partial charge in [-0.05, 0) is 40.7 Å². The number of aliphatic carboxylic acids is 1. The van der Waals surface area contributed by atoms with Crippen LogP contribution < -0.4 is 10.6 Å². The number of carbonyl (C=O) groups excluding carboxylic acids is 2. The summed E-state index contributed by atoms with van der Waals surface area (Å²) in [5.41, 5.74) is 3.65. The number of alkyl carbamates (subject to hydrolysis) is 1. The van der Waals surface area contributed by atoms with Gasteiger partial charge in [0.25, 0.3) is 5.91 Å². The number of hydrogen-bond donors (Lipinski definition) is 3. The molecule has 0 aromatic heterocycles.